The van der Waals surface area contributed by atoms with E-state index in [1.807, 2.05) is 24.3 Å². The highest BCUT2D eigenvalue weighted by molar-refractivity contribution is 5.88. The number of aromatic nitrogens is 2. The highest BCUT2D eigenvalue weighted by Crippen LogP contribution is 2.32. The summed E-state index contributed by atoms with van der Waals surface area (Å²) in [4.78, 5) is 13.6. The first-order chi connectivity index (χ1) is 15.5. The number of anilines is 1. The summed E-state index contributed by atoms with van der Waals surface area (Å²) in [7, 11) is 0. The van der Waals surface area contributed by atoms with Crippen molar-refractivity contribution in [3.63, 3.8) is 0 Å². The monoisotopic (exact) mass is 440 g/mol. The van der Waals surface area contributed by atoms with E-state index in [1.54, 1.807) is 0 Å². The Morgan fingerprint density at radius 2 is 2.00 bits per heavy atom. The third kappa shape index (κ3) is 5.50. The maximum atomic E-state index is 13.3. The molecule has 1 fully saturated rings. The predicted molar refractivity (Wildman–Crippen MR) is 117 cm³/mol. The lowest BCUT2D eigenvalue weighted by Gasteiger charge is -2.23. The summed E-state index contributed by atoms with van der Waals surface area (Å²) < 4.78 is 31.8. The van der Waals surface area contributed by atoms with E-state index in [9.17, 15) is 13.6 Å². The van der Waals surface area contributed by atoms with Crippen molar-refractivity contribution in [1.82, 2.24) is 15.1 Å². The fourth-order valence-electron chi connectivity index (χ4n) is 4.01. The Bertz CT molecular complexity index is 1070. The minimum Gasteiger partial charge on any atom is -0.493 e. The smallest absolute Gasteiger partial charge is 0.221 e. The van der Waals surface area contributed by atoms with Crippen molar-refractivity contribution < 1.29 is 18.3 Å². The van der Waals surface area contributed by atoms with Gasteiger partial charge in [-0.05, 0) is 55.3 Å². The van der Waals surface area contributed by atoms with Gasteiger partial charge in [0.25, 0.3) is 0 Å². The summed E-state index contributed by atoms with van der Waals surface area (Å²) in [6.45, 7) is 3.64. The van der Waals surface area contributed by atoms with Crippen LogP contribution in [0.5, 0.6) is 5.75 Å². The van der Waals surface area contributed by atoms with Crippen LogP contribution in [-0.2, 0) is 17.8 Å². The summed E-state index contributed by atoms with van der Waals surface area (Å²) in [5, 5.41) is 10.4. The number of ether oxygens (including phenoxy) is 1. The molecule has 1 aliphatic heterocycles. The van der Waals surface area contributed by atoms with Gasteiger partial charge in [-0.25, -0.2) is 8.78 Å². The molecule has 3 aromatic rings. The van der Waals surface area contributed by atoms with E-state index in [4.69, 9.17) is 4.74 Å². The maximum absolute atomic E-state index is 13.3. The van der Waals surface area contributed by atoms with Crippen LogP contribution in [0, 0.1) is 11.6 Å². The Labute approximate surface area is 185 Å². The van der Waals surface area contributed by atoms with Gasteiger partial charge >= 0.3 is 0 Å². The molecule has 1 amide bonds. The van der Waals surface area contributed by atoms with Gasteiger partial charge in [0.05, 0.1) is 18.3 Å². The zero-order valence-electron chi connectivity index (χ0n) is 17.9. The number of aromatic amines is 1. The standard InChI is InChI=1S/C24H26F2N4O2/c1-16(31)27-18-6-4-17(5-7-18)15-30-11-2-3-24(30)23-13-19(28-29-23)10-12-32-20-8-9-21(25)22(26)14-20/h4-9,13-14,24H,2-3,10-12,15H2,1H3,(H,27,31)(H,28,29)/t24-/m1/s1. The third-order valence-electron chi connectivity index (χ3n) is 5.55. The van der Waals surface area contributed by atoms with Crippen LogP contribution in [0.1, 0.15) is 42.8 Å². The average Bonchev–Trinajstić information content (AvgIpc) is 3.41. The molecule has 2 N–H and O–H groups in total. The molecular weight excluding hydrogens is 414 g/mol. The van der Waals surface area contributed by atoms with Crippen molar-refractivity contribution >= 4 is 11.6 Å². The average molecular weight is 440 g/mol. The number of carbonyl (C=O) groups excluding carboxylic acids is 1. The molecule has 1 atom stereocenters. The number of hydrogen-bond acceptors (Lipinski definition) is 4. The maximum Gasteiger partial charge on any atom is 0.221 e. The van der Waals surface area contributed by atoms with E-state index < -0.39 is 11.6 Å². The molecule has 6 nitrogen and oxygen atoms in total. The minimum absolute atomic E-state index is 0.0816. The van der Waals surface area contributed by atoms with Gasteiger partial charge in [0.1, 0.15) is 5.75 Å². The highest BCUT2D eigenvalue weighted by Gasteiger charge is 2.28. The van der Waals surface area contributed by atoms with Crippen LogP contribution in [0.15, 0.2) is 48.5 Å². The molecule has 1 saturated heterocycles. The number of nitrogens with one attached hydrogen (secondary N) is 2. The number of amides is 1. The van der Waals surface area contributed by atoms with Crippen LogP contribution in [-0.4, -0.2) is 34.2 Å². The van der Waals surface area contributed by atoms with Crippen molar-refractivity contribution in [2.75, 3.05) is 18.5 Å². The number of nitrogens with zero attached hydrogens (tertiary/aromatic N) is 2. The number of carbonyl (C=O) groups is 1. The Kier molecular flexibility index (Phi) is 6.80. The van der Waals surface area contributed by atoms with Crippen LogP contribution >= 0.6 is 0 Å². The van der Waals surface area contributed by atoms with E-state index >= 15 is 0 Å². The molecule has 168 valence electrons. The van der Waals surface area contributed by atoms with Crippen LogP contribution in [0.2, 0.25) is 0 Å². The largest absolute Gasteiger partial charge is 0.493 e. The SMILES string of the molecule is CC(=O)Nc1ccc(CN2CCC[C@@H]2c2cc(CCOc3ccc(F)c(F)c3)[nH]n2)cc1. The number of halogens is 2. The van der Waals surface area contributed by atoms with Crippen molar-refractivity contribution in [3.05, 3.63) is 77.1 Å². The molecule has 1 aliphatic rings. The normalized spacial score (nSPS) is 16.3. The van der Waals surface area contributed by atoms with E-state index in [1.165, 1.54) is 18.6 Å². The fraction of sp³-hybridized carbons (Fsp3) is 0.333. The van der Waals surface area contributed by atoms with Gasteiger partial charge in [0, 0.05) is 37.3 Å². The lowest BCUT2D eigenvalue weighted by Crippen LogP contribution is -2.23. The molecule has 2 aromatic carbocycles. The van der Waals surface area contributed by atoms with Gasteiger partial charge in [-0.2, -0.15) is 5.10 Å². The molecule has 1 aromatic heterocycles. The van der Waals surface area contributed by atoms with Crippen LogP contribution in [0.3, 0.4) is 0 Å². The second-order valence-electron chi connectivity index (χ2n) is 8.00. The molecule has 8 heteroatoms. The number of rotatable bonds is 8. The van der Waals surface area contributed by atoms with Gasteiger partial charge < -0.3 is 10.1 Å². The van der Waals surface area contributed by atoms with Gasteiger partial charge in [0.2, 0.25) is 5.91 Å². The molecule has 0 radical (unpaired) electrons. The summed E-state index contributed by atoms with van der Waals surface area (Å²) in [6.07, 6.45) is 2.74. The molecule has 4 rings (SSSR count). The number of H-pyrrole nitrogens is 1. The zero-order chi connectivity index (χ0) is 22.5. The lowest BCUT2D eigenvalue weighted by molar-refractivity contribution is -0.114. The van der Waals surface area contributed by atoms with Crippen molar-refractivity contribution in [1.29, 1.82) is 0 Å². The molecule has 0 bridgehead atoms. The van der Waals surface area contributed by atoms with Crippen molar-refractivity contribution in [2.45, 2.75) is 38.8 Å². The van der Waals surface area contributed by atoms with E-state index in [2.05, 4.69) is 26.5 Å². The molecular formula is C24H26F2N4O2. The van der Waals surface area contributed by atoms with Gasteiger partial charge in [-0.1, -0.05) is 12.1 Å². The van der Waals surface area contributed by atoms with E-state index in [0.717, 1.165) is 55.1 Å². The molecule has 2 heterocycles. The molecule has 0 saturated carbocycles. The molecule has 0 aliphatic carbocycles. The van der Waals surface area contributed by atoms with E-state index in [0.29, 0.717) is 18.8 Å². The first-order valence-corrected chi connectivity index (χ1v) is 10.7. The lowest BCUT2D eigenvalue weighted by atomic mass is 10.1. The number of hydrogen-bond donors (Lipinski definition) is 2. The Balaban J connectivity index is 1.32. The highest BCUT2D eigenvalue weighted by atomic mass is 19.2. The fourth-order valence-corrected chi connectivity index (χ4v) is 4.01. The topological polar surface area (TPSA) is 70.2 Å². The van der Waals surface area contributed by atoms with E-state index in [-0.39, 0.29) is 11.9 Å². The van der Waals surface area contributed by atoms with Gasteiger partial charge in [-0.3, -0.25) is 14.8 Å². The first kappa shape index (κ1) is 22.0. The Morgan fingerprint density at radius 3 is 2.75 bits per heavy atom. The second kappa shape index (κ2) is 9.91. The molecule has 32 heavy (non-hydrogen) atoms. The predicted octanol–water partition coefficient (Wildman–Crippen LogP) is 4.60. The first-order valence-electron chi connectivity index (χ1n) is 10.7. The van der Waals surface area contributed by atoms with Crippen molar-refractivity contribution in [3.8, 4) is 5.75 Å². The van der Waals surface area contributed by atoms with Crippen LogP contribution in [0.4, 0.5) is 14.5 Å². The van der Waals surface area contributed by atoms with Crippen molar-refractivity contribution in [2.24, 2.45) is 0 Å². The third-order valence-corrected chi connectivity index (χ3v) is 5.55. The second-order valence-corrected chi connectivity index (χ2v) is 8.00. The van der Waals surface area contributed by atoms with Crippen LogP contribution < -0.4 is 10.1 Å². The van der Waals surface area contributed by atoms with Gasteiger partial charge in [0.15, 0.2) is 11.6 Å². The summed E-state index contributed by atoms with van der Waals surface area (Å²) >= 11 is 0. The van der Waals surface area contributed by atoms with Crippen LogP contribution in [0.25, 0.3) is 0 Å². The zero-order valence-corrected chi connectivity index (χ0v) is 17.9. The quantitative estimate of drug-likeness (QED) is 0.537. The Morgan fingerprint density at radius 1 is 1.19 bits per heavy atom. The number of likely N-dealkylation sites (tertiary alicyclic amines) is 1. The molecule has 0 unspecified atom stereocenters. The Hall–Kier alpha value is -3.26. The molecule has 0 spiro atoms. The summed E-state index contributed by atoms with van der Waals surface area (Å²) in [5.41, 5.74) is 3.91. The summed E-state index contributed by atoms with van der Waals surface area (Å²) in [5.74, 6) is -1.59. The minimum atomic E-state index is -0.919. The summed E-state index contributed by atoms with van der Waals surface area (Å²) in [6, 6.07) is 13.7. The number of benzene rings is 2. The van der Waals surface area contributed by atoms with Gasteiger partial charge in [-0.15, -0.1) is 0 Å².